The molecule has 2 rings (SSSR count). The lowest BCUT2D eigenvalue weighted by Crippen LogP contribution is -2.28. The van der Waals surface area contributed by atoms with Crippen molar-refractivity contribution in [2.24, 2.45) is 5.92 Å². The standard InChI is InChI=1S/C16H24FNO2/c1-2-18-16(14-5-3-4-6-15(14)17)12-20-11-13-7-9-19-10-8-13/h3-6,13,16,18H,2,7-12H2,1H3. The highest BCUT2D eigenvalue weighted by atomic mass is 19.1. The van der Waals surface area contributed by atoms with E-state index in [1.165, 1.54) is 6.07 Å². The summed E-state index contributed by atoms with van der Waals surface area (Å²) in [4.78, 5) is 0. The number of halogens is 1. The maximum atomic E-state index is 13.8. The largest absolute Gasteiger partial charge is 0.381 e. The molecule has 0 aromatic heterocycles. The van der Waals surface area contributed by atoms with Crippen LogP contribution in [0.4, 0.5) is 4.39 Å². The van der Waals surface area contributed by atoms with Crippen LogP contribution in [0.5, 0.6) is 0 Å². The molecule has 0 bridgehead atoms. The molecular formula is C16H24FNO2. The number of ether oxygens (including phenoxy) is 2. The summed E-state index contributed by atoms with van der Waals surface area (Å²) in [5, 5.41) is 3.29. The Balaban J connectivity index is 1.84. The van der Waals surface area contributed by atoms with Crippen LogP contribution in [0.3, 0.4) is 0 Å². The van der Waals surface area contributed by atoms with Crippen molar-refractivity contribution in [1.82, 2.24) is 5.32 Å². The number of nitrogens with one attached hydrogen (secondary N) is 1. The minimum Gasteiger partial charge on any atom is -0.381 e. The van der Waals surface area contributed by atoms with E-state index in [0.29, 0.717) is 18.1 Å². The van der Waals surface area contributed by atoms with E-state index in [0.717, 1.165) is 39.2 Å². The van der Waals surface area contributed by atoms with E-state index in [2.05, 4.69) is 5.32 Å². The summed E-state index contributed by atoms with van der Waals surface area (Å²) in [6.07, 6.45) is 2.12. The predicted molar refractivity (Wildman–Crippen MR) is 77.2 cm³/mol. The van der Waals surface area contributed by atoms with Gasteiger partial charge in [0.05, 0.1) is 12.6 Å². The molecule has 0 aliphatic carbocycles. The average molecular weight is 281 g/mol. The molecule has 1 heterocycles. The van der Waals surface area contributed by atoms with Gasteiger partial charge in [-0.3, -0.25) is 0 Å². The van der Waals surface area contributed by atoms with Gasteiger partial charge in [-0.1, -0.05) is 25.1 Å². The Hall–Kier alpha value is -0.970. The first kappa shape index (κ1) is 15.4. The lowest BCUT2D eigenvalue weighted by Gasteiger charge is -2.24. The van der Waals surface area contributed by atoms with Gasteiger partial charge in [-0.15, -0.1) is 0 Å². The highest BCUT2D eigenvalue weighted by molar-refractivity contribution is 5.21. The van der Waals surface area contributed by atoms with Crippen molar-refractivity contribution in [2.75, 3.05) is 33.0 Å². The van der Waals surface area contributed by atoms with Gasteiger partial charge in [0, 0.05) is 25.4 Å². The van der Waals surface area contributed by atoms with E-state index < -0.39 is 0 Å². The molecule has 3 nitrogen and oxygen atoms in total. The van der Waals surface area contributed by atoms with Gasteiger partial charge in [-0.25, -0.2) is 4.39 Å². The third-order valence-corrected chi connectivity index (χ3v) is 3.71. The van der Waals surface area contributed by atoms with E-state index in [1.54, 1.807) is 6.07 Å². The summed E-state index contributed by atoms with van der Waals surface area (Å²) in [6, 6.07) is 6.81. The lowest BCUT2D eigenvalue weighted by atomic mass is 10.0. The minimum atomic E-state index is -0.173. The lowest BCUT2D eigenvalue weighted by molar-refractivity contribution is 0.0150. The maximum absolute atomic E-state index is 13.8. The first-order valence-electron chi connectivity index (χ1n) is 7.44. The normalized spacial score (nSPS) is 18.1. The Labute approximate surface area is 120 Å². The number of rotatable bonds is 7. The summed E-state index contributed by atoms with van der Waals surface area (Å²) < 4.78 is 25.0. The first-order chi connectivity index (χ1) is 9.81. The number of hydrogen-bond donors (Lipinski definition) is 1. The molecule has 1 atom stereocenters. The van der Waals surface area contributed by atoms with Crippen LogP contribution in [0.1, 0.15) is 31.4 Å². The summed E-state index contributed by atoms with van der Waals surface area (Å²) in [7, 11) is 0. The van der Waals surface area contributed by atoms with Crippen molar-refractivity contribution in [3.63, 3.8) is 0 Å². The van der Waals surface area contributed by atoms with Crippen LogP contribution in [0, 0.1) is 11.7 Å². The van der Waals surface area contributed by atoms with E-state index >= 15 is 0 Å². The van der Waals surface area contributed by atoms with Crippen molar-refractivity contribution >= 4 is 0 Å². The van der Waals surface area contributed by atoms with Crippen LogP contribution in [-0.2, 0) is 9.47 Å². The van der Waals surface area contributed by atoms with Gasteiger partial charge in [0.15, 0.2) is 0 Å². The van der Waals surface area contributed by atoms with Gasteiger partial charge in [-0.05, 0) is 31.4 Å². The number of benzene rings is 1. The Bertz CT molecular complexity index is 394. The highest BCUT2D eigenvalue weighted by Gasteiger charge is 2.17. The summed E-state index contributed by atoms with van der Waals surface area (Å²) in [5.41, 5.74) is 0.682. The van der Waals surface area contributed by atoms with Crippen LogP contribution in [0.25, 0.3) is 0 Å². The molecule has 1 aromatic carbocycles. The third-order valence-electron chi connectivity index (χ3n) is 3.71. The van der Waals surface area contributed by atoms with Crippen molar-refractivity contribution < 1.29 is 13.9 Å². The molecule has 0 amide bonds. The number of likely N-dealkylation sites (N-methyl/N-ethyl adjacent to an activating group) is 1. The first-order valence-corrected chi connectivity index (χ1v) is 7.44. The molecule has 0 radical (unpaired) electrons. The van der Waals surface area contributed by atoms with Gasteiger partial charge in [0.1, 0.15) is 5.82 Å². The van der Waals surface area contributed by atoms with Gasteiger partial charge in [0.2, 0.25) is 0 Å². The second kappa shape index (κ2) is 8.35. The van der Waals surface area contributed by atoms with Crippen molar-refractivity contribution in [3.8, 4) is 0 Å². The molecular weight excluding hydrogens is 257 g/mol. The smallest absolute Gasteiger partial charge is 0.128 e. The maximum Gasteiger partial charge on any atom is 0.128 e. The molecule has 20 heavy (non-hydrogen) atoms. The molecule has 1 saturated heterocycles. The zero-order chi connectivity index (χ0) is 14.2. The molecule has 0 saturated carbocycles. The molecule has 1 N–H and O–H groups in total. The Morgan fingerprint density at radius 2 is 2.10 bits per heavy atom. The molecule has 1 aliphatic heterocycles. The van der Waals surface area contributed by atoms with Crippen molar-refractivity contribution in [1.29, 1.82) is 0 Å². The molecule has 0 spiro atoms. The molecule has 112 valence electrons. The van der Waals surface area contributed by atoms with Gasteiger partial charge in [0.25, 0.3) is 0 Å². The van der Waals surface area contributed by atoms with Crippen LogP contribution in [0.2, 0.25) is 0 Å². The van der Waals surface area contributed by atoms with E-state index in [4.69, 9.17) is 9.47 Å². The Morgan fingerprint density at radius 1 is 1.35 bits per heavy atom. The quantitative estimate of drug-likeness (QED) is 0.833. The predicted octanol–water partition coefficient (Wildman–Crippen LogP) is 2.92. The molecule has 1 unspecified atom stereocenters. The zero-order valence-electron chi connectivity index (χ0n) is 12.1. The van der Waals surface area contributed by atoms with Gasteiger partial charge < -0.3 is 14.8 Å². The summed E-state index contributed by atoms with van der Waals surface area (Å²) in [6.45, 7) is 5.72. The van der Waals surface area contributed by atoms with E-state index in [1.807, 2.05) is 19.1 Å². The fraction of sp³-hybridized carbons (Fsp3) is 0.625. The molecule has 4 heteroatoms. The van der Waals surface area contributed by atoms with Crippen LogP contribution >= 0.6 is 0 Å². The summed E-state index contributed by atoms with van der Waals surface area (Å²) in [5.74, 6) is 0.403. The second-order valence-electron chi connectivity index (χ2n) is 5.22. The van der Waals surface area contributed by atoms with Crippen LogP contribution < -0.4 is 5.32 Å². The third kappa shape index (κ3) is 4.54. The minimum absolute atomic E-state index is 0.0824. The van der Waals surface area contributed by atoms with Crippen LogP contribution in [0.15, 0.2) is 24.3 Å². The highest BCUT2D eigenvalue weighted by Crippen LogP contribution is 2.19. The van der Waals surface area contributed by atoms with Crippen LogP contribution in [-0.4, -0.2) is 33.0 Å². The van der Waals surface area contributed by atoms with Gasteiger partial charge in [-0.2, -0.15) is 0 Å². The molecule has 1 aliphatic rings. The average Bonchev–Trinajstić information content (AvgIpc) is 2.48. The summed E-state index contributed by atoms with van der Waals surface area (Å²) >= 11 is 0. The second-order valence-corrected chi connectivity index (χ2v) is 5.22. The van der Waals surface area contributed by atoms with Crippen molar-refractivity contribution in [2.45, 2.75) is 25.8 Å². The van der Waals surface area contributed by atoms with E-state index in [9.17, 15) is 4.39 Å². The molecule has 1 aromatic rings. The van der Waals surface area contributed by atoms with E-state index in [-0.39, 0.29) is 11.9 Å². The fourth-order valence-corrected chi connectivity index (χ4v) is 2.53. The van der Waals surface area contributed by atoms with Crippen molar-refractivity contribution in [3.05, 3.63) is 35.6 Å². The monoisotopic (exact) mass is 281 g/mol. The SMILES string of the molecule is CCNC(COCC1CCOCC1)c1ccccc1F. The number of hydrogen-bond acceptors (Lipinski definition) is 3. The fourth-order valence-electron chi connectivity index (χ4n) is 2.53. The van der Waals surface area contributed by atoms with Gasteiger partial charge >= 0.3 is 0 Å². The topological polar surface area (TPSA) is 30.5 Å². The molecule has 1 fully saturated rings. The Kier molecular flexibility index (Phi) is 6.43. The zero-order valence-corrected chi connectivity index (χ0v) is 12.1. The Morgan fingerprint density at radius 3 is 2.80 bits per heavy atom.